The van der Waals surface area contributed by atoms with Gasteiger partial charge in [-0.1, -0.05) is 19.3 Å². The van der Waals surface area contributed by atoms with Gasteiger partial charge in [0.05, 0.1) is 13.2 Å². The number of hydrogen-bond donors (Lipinski definition) is 1. The van der Waals surface area contributed by atoms with Crippen molar-refractivity contribution in [2.24, 2.45) is 11.7 Å². The summed E-state index contributed by atoms with van der Waals surface area (Å²) in [7, 11) is 1.40. The van der Waals surface area contributed by atoms with Gasteiger partial charge in [0.15, 0.2) is 0 Å². The molecule has 0 aliphatic heterocycles. The van der Waals surface area contributed by atoms with Crippen LogP contribution in [-0.4, -0.2) is 31.3 Å². The van der Waals surface area contributed by atoms with Gasteiger partial charge in [-0.15, -0.1) is 0 Å². The standard InChI is InChI=1S/C14H25NO3/c1-17-13(16)14(15)8-7-12(9-14)18-10-11-5-3-2-4-6-11/h11-12H,2-10,15H2,1H3. The van der Waals surface area contributed by atoms with Gasteiger partial charge < -0.3 is 15.2 Å². The number of carbonyl (C=O) groups is 1. The Bertz CT molecular complexity index is 289. The lowest BCUT2D eigenvalue weighted by Crippen LogP contribution is -2.46. The molecular formula is C14H25NO3. The number of hydrogen-bond acceptors (Lipinski definition) is 4. The number of rotatable bonds is 4. The molecule has 0 spiro atoms. The lowest BCUT2D eigenvalue weighted by Gasteiger charge is -2.24. The molecule has 2 atom stereocenters. The van der Waals surface area contributed by atoms with E-state index in [4.69, 9.17) is 15.2 Å². The van der Waals surface area contributed by atoms with Gasteiger partial charge in [0.2, 0.25) is 0 Å². The minimum Gasteiger partial charge on any atom is -0.468 e. The van der Waals surface area contributed by atoms with Crippen LogP contribution in [-0.2, 0) is 14.3 Å². The second kappa shape index (κ2) is 6.02. The first-order chi connectivity index (χ1) is 8.64. The maximum Gasteiger partial charge on any atom is 0.325 e. The van der Waals surface area contributed by atoms with Crippen LogP contribution < -0.4 is 5.73 Å². The molecule has 0 bridgehead atoms. The third-order valence-electron chi connectivity index (χ3n) is 4.39. The highest BCUT2D eigenvalue weighted by Gasteiger charge is 2.43. The molecule has 0 aromatic carbocycles. The zero-order valence-corrected chi connectivity index (χ0v) is 11.3. The molecule has 0 saturated heterocycles. The maximum atomic E-state index is 11.6. The zero-order chi connectivity index (χ0) is 13.0. The molecule has 0 amide bonds. The Balaban J connectivity index is 1.73. The molecule has 0 aromatic heterocycles. The topological polar surface area (TPSA) is 61.5 Å². The summed E-state index contributed by atoms with van der Waals surface area (Å²) in [6.45, 7) is 0.835. The summed E-state index contributed by atoms with van der Waals surface area (Å²) >= 11 is 0. The zero-order valence-electron chi connectivity index (χ0n) is 11.3. The van der Waals surface area contributed by atoms with E-state index in [1.807, 2.05) is 0 Å². The minimum atomic E-state index is -0.814. The molecule has 2 aliphatic rings. The fourth-order valence-electron chi connectivity index (χ4n) is 3.19. The summed E-state index contributed by atoms with van der Waals surface area (Å²) in [4.78, 5) is 11.6. The Morgan fingerprint density at radius 1 is 1.28 bits per heavy atom. The van der Waals surface area contributed by atoms with Gasteiger partial charge in [-0.25, -0.2) is 0 Å². The van der Waals surface area contributed by atoms with E-state index in [-0.39, 0.29) is 12.1 Å². The first kappa shape index (κ1) is 13.8. The largest absolute Gasteiger partial charge is 0.468 e. The second-order valence-corrected chi connectivity index (χ2v) is 5.85. The Hall–Kier alpha value is -0.610. The van der Waals surface area contributed by atoms with E-state index in [2.05, 4.69) is 0 Å². The average molecular weight is 255 g/mol. The number of carbonyl (C=O) groups excluding carboxylic acids is 1. The monoisotopic (exact) mass is 255 g/mol. The van der Waals surface area contributed by atoms with Crippen molar-refractivity contribution in [3.63, 3.8) is 0 Å². The van der Waals surface area contributed by atoms with Gasteiger partial charge >= 0.3 is 5.97 Å². The van der Waals surface area contributed by atoms with Crippen LogP contribution in [0.2, 0.25) is 0 Å². The second-order valence-electron chi connectivity index (χ2n) is 5.85. The maximum absolute atomic E-state index is 11.6. The number of esters is 1. The first-order valence-corrected chi connectivity index (χ1v) is 7.13. The highest BCUT2D eigenvalue weighted by molar-refractivity contribution is 5.80. The van der Waals surface area contributed by atoms with E-state index in [0.717, 1.165) is 13.0 Å². The molecule has 2 rings (SSSR count). The number of methoxy groups -OCH3 is 1. The van der Waals surface area contributed by atoms with Crippen molar-refractivity contribution in [2.45, 2.75) is 63.0 Å². The molecule has 0 aromatic rings. The molecule has 104 valence electrons. The van der Waals surface area contributed by atoms with Crippen LogP contribution in [0.25, 0.3) is 0 Å². The molecule has 2 unspecified atom stereocenters. The van der Waals surface area contributed by atoms with E-state index in [1.165, 1.54) is 39.2 Å². The molecule has 2 N–H and O–H groups in total. The third-order valence-corrected chi connectivity index (χ3v) is 4.39. The lowest BCUT2D eigenvalue weighted by atomic mass is 9.90. The molecular weight excluding hydrogens is 230 g/mol. The van der Waals surface area contributed by atoms with Crippen molar-refractivity contribution in [1.82, 2.24) is 0 Å². The number of nitrogens with two attached hydrogens (primary N) is 1. The van der Waals surface area contributed by atoms with Crippen LogP contribution in [0.1, 0.15) is 51.4 Å². The van der Waals surface area contributed by atoms with Crippen LogP contribution >= 0.6 is 0 Å². The normalized spacial score (nSPS) is 33.6. The fourth-order valence-corrected chi connectivity index (χ4v) is 3.19. The molecule has 4 heteroatoms. The van der Waals surface area contributed by atoms with Gasteiger partial charge in [0, 0.05) is 13.0 Å². The van der Waals surface area contributed by atoms with Crippen molar-refractivity contribution in [1.29, 1.82) is 0 Å². The quantitative estimate of drug-likeness (QED) is 0.781. The number of ether oxygens (including phenoxy) is 2. The summed E-state index contributed by atoms with van der Waals surface area (Å²) in [6.07, 6.45) is 8.91. The summed E-state index contributed by atoms with van der Waals surface area (Å²) < 4.78 is 10.7. The molecule has 2 aliphatic carbocycles. The minimum absolute atomic E-state index is 0.135. The van der Waals surface area contributed by atoms with E-state index in [0.29, 0.717) is 18.8 Å². The third kappa shape index (κ3) is 3.23. The van der Waals surface area contributed by atoms with E-state index in [9.17, 15) is 4.79 Å². The Kier molecular flexibility index (Phi) is 4.62. The summed E-state index contributed by atoms with van der Waals surface area (Å²) in [5, 5.41) is 0. The highest BCUT2D eigenvalue weighted by Crippen LogP contribution is 2.32. The van der Waals surface area contributed by atoms with Crippen molar-refractivity contribution >= 4 is 5.97 Å². The van der Waals surface area contributed by atoms with E-state index in [1.54, 1.807) is 0 Å². The SMILES string of the molecule is COC(=O)C1(N)CCC(OCC2CCCCC2)C1. The Morgan fingerprint density at radius 2 is 2.00 bits per heavy atom. The fraction of sp³-hybridized carbons (Fsp3) is 0.929. The van der Waals surface area contributed by atoms with Gasteiger partial charge in [-0.2, -0.15) is 0 Å². The smallest absolute Gasteiger partial charge is 0.325 e. The van der Waals surface area contributed by atoms with Crippen molar-refractivity contribution < 1.29 is 14.3 Å². The van der Waals surface area contributed by atoms with Crippen molar-refractivity contribution in [2.75, 3.05) is 13.7 Å². The Morgan fingerprint density at radius 3 is 2.67 bits per heavy atom. The van der Waals surface area contributed by atoms with E-state index < -0.39 is 5.54 Å². The van der Waals surface area contributed by atoms with Gasteiger partial charge in [0.25, 0.3) is 0 Å². The van der Waals surface area contributed by atoms with Gasteiger partial charge in [-0.3, -0.25) is 4.79 Å². The lowest BCUT2D eigenvalue weighted by molar-refractivity contribution is -0.147. The van der Waals surface area contributed by atoms with Crippen LogP contribution in [0.3, 0.4) is 0 Å². The molecule has 2 saturated carbocycles. The summed E-state index contributed by atoms with van der Waals surface area (Å²) in [5.41, 5.74) is 5.24. The molecule has 2 fully saturated rings. The molecule has 0 radical (unpaired) electrons. The highest BCUT2D eigenvalue weighted by atomic mass is 16.5. The van der Waals surface area contributed by atoms with Gasteiger partial charge in [-0.05, 0) is 31.6 Å². The van der Waals surface area contributed by atoms with Crippen molar-refractivity contribution in [3.8, 4) is 0 Å². The summed E-state index contributed by atoms with van der Waals surface area (Å²) in [6, 6.07) is 0. The first-order valence-electron chi connectivity index (χ1n) is 7.13. The molecule has 0 heterocycles. The van der Waals surface area contributed by atoms with Crippen LogP contribution in [0.5, 0.6) is 0 Å². The summed E-state index contributed by atoms with van der Waals surface area (Å²) in [5.74, 6) is 0.413. The molecule has 18 heavy (non-hydrogen) atoms. The van der Waals surface area contributed by atoms with E-state index >= 15 is 0 Å². The average Bonchev–Trinajstić information content (AvgIpc) is 2.80. The van der Waals surface area contributed by atoms with Crippen LogP contribution in [0.4, 0.5) is 0 Å². The molecule has 4 nitrogen and oxygen atoms in total. The predicted molar refractivity (Wildman–Crippen MR) is 69.1 cm³/mol. The van der Waals surface area contributed by atoms with Gasteiger partial charge in [0.1, 0.15) is 5.54 Å². The van der Waals surface area contributed by atoms with Crippen LogP contribution in [0.15, 0.2) is 0 Å². The van der Waals surface area contributed by atoms with Crippen LogP contribution in [0, 0.1) is 5.92 Å². The Labute approximate surface area is 109 Å². The predicted octanol–water partition coefficient (Wildman–Crippen LogP) is 2.01. The van der Waals surface area contributed by atoms with Crippen molar-refractivity contribution in [3.05, 3.63) is 0 Å².